The van der Waals surface area contributed by atoms with Crippen LogP contribution >= 0.6 is 0 Å². The molecular weight excluding hydrogens is 504 g/mol. The molecule has 2 saturated carbocycles. The minimum atomic E-state index is -3.09. The smallest absolute Gasteiger partial charge is 0.240 e. The van der Waals surface area contributed by atoms with Gasteiger partial charge in [0.1, 0.15) is 12.3 Å². The Labute approximate surface area is 215 Å². The number of aliphatic hydroxyl groups excluding tert-OH is 1. The summed E-state index contributed by atoms with van der Waals surface area (Å²) >= 11 is 0. The highest BCUT2D eigenvalue weighted by Crippen LogP contribution is 2.55. The maximum absolute atomic E-state index is 13.9. The van der Waals surface area contributed by atoms with E-state index < -0.39 is 94.6 Å². The number of ketones is 4. The van der Waals surface area contributed by atoms with Crippen molar-refractivity contribution in [3.05, 3.63) is 23.3 Å². The number of phenolic OH excluding ortho intramolecular Hbond substituents is 1. The van der Waals surface area contributed by atoms with Crippen molar-refractivity contribution in [2.24, 2.45) is 29.4 Å². The van der Waals surface area contributed by atoms with Gasteiger partial charge in [-0.25, -0.2) is 0 Å². The summed E-state index contributed by atoms with van der Waals surface area (Å²) in [6, 6.07) is 1.26. The number of nitrogens with zero attached hydrogens (tertiary/aromatic N) is 1. The molecule has 8 atom stereocenters. The van der Waals surface area contributed by atoms with E-state index in [9.17, 15) is 44.1 Å². The van der Waals surface area contributed by atoms with Crippen molar-refractivity contribution in [1.82, 2.24) is 10.4 Å². The second-order valence-electron chi connectivity index (χ2n) is 10.2. The number of nitrogens with one attached hydrogen (secondary N) is 2. The molecule has 14 nitrogen and oxygen atoms in total. The Morgan fingerprint density at radius 3 is 2.32 bits per heavy atom. The second-order valence-corrected chi connectivity index (χ2v) is 10.2. The minimum absolute atomic E-state index is 0.204. The van der Waals surface area contributed by atoms with E-state index in [4.69, 9.17) is 10.9 Å². The van der Waals surface area contributed by atoms with Crippen molar-refractivity contribution in [3.63, 3.8) is 0 Å². The highest BCUT2D eigenvalue weighted by molar-refractivity contribution is 6.32. The van der Waals surface area contributed by atoms with Crippen LogP contribution in [0.1, 0.15) is 28.8 Å². The van der Waals surface area contributed by atoms with E-state index in [1.165, 1.54) is 31.1 Å². The van der Waals surface area contributed by atoms with Gasteiger partial charge in [-0.1, -0.05) is 13.0 Å². The van der Waals surface area contributed by atoms with E-state index in [0.29, 0.717) is 0 Å². The quantitative estimate of drug-likeness (QED) is 0.117. The number of phenols is 1. The first-order chi connectivity index (χ1) is 17.7. The van der Waals surface area contributed by atoms with E-state index in [2.05, 4.69) is 5.32 Å². The summed E-state index contributed by atoms with van der Waals surface area (Å²) in [7, 11) is 2.82. The molecule has 6 unspecified atom stereocenters. The number of likely N-dealkylation sites (N-methyl/N-ethyl adjacent to an activating group) is 1. The van der Waals surface area contributed by atoms with Gasteiger partial charge in [0, 0.05) is 5.92 Å². The number of rotatable bonds is 5. The molecule has 0 spiro atoms. The van der Waals surface area contributed by atoms with Crippen LogP contribution in [0.2, 0.25) is 0 Å². The van der Waals surface area contributed by atoms with Gasteiger partial charge in [-0.15, -0.1) is 0 Å². The van der Waals surface area contributed by atoms with Crippen LogP contribution in [0.25, 0.3) is 0 Å². The number of hydrogen-bond acceptors (Lipinski definition) is 12. The third-order valence-electron chi connectivity index (χ3n) is 8.00. The monoisotopic (exact) mass is 532 g/mol. The molecule has 0 aromatic heterocycles. The zero-order valence-corrected chi connectivity index (χ0v) is 20.7. The van der Waals surface area contributed by atoms with Gasteiger partial charge in [0.2, 0.25) is 11.8 Å². The Balaban J connectivity index is 1.89. The van der Waals surface area contributed by atoms with Crippen LogP contribution in [-0.4, -0.2) is 98.8 Å². The van der Waals surface area contributed by atoms with Crippen LogP contribution in [0.3, 0.4) is 0 Å². The number of aliphatic hydroxyl groups is 2. The predicted octanol–water partition coefficient (Wildman–Crippen LogP) is -2.68. The van der Waals surface area contributed by atoms with Gasteiger partial charge in [-0.2, -0.15) is 5.48 Å². The molecule has 204 valence electrons. The van der Waals surface area contributed by atoms with E-state index in [0.717, 1.165) is 0 Å². The maximum Gasteiger partial charge on any atom is 0.240 e. The summed E-state index contributed by atoms with van der Waals surface area (Å²) < 4.78 is 0. The molecule has 8 N–H and O–H groups in total. The largest absolute Gasteiger partial charge is 0.505 e. The van der Waals surface area contributed by atoms with E-state index in [1.807, 2.05) is 0 Å². The number of Topliss-reactive ketones (excluding diaryl/α,β-unsaturated/α-hetero) is 4. The van der Waals surface area contributed by atoms with E-state index >= 15 is 0 Å². The number of hydrogen-bond donors (Lipinski definition) is 7. The van der Waals surface area contributed by atoms with E-state index in [-0.39, 0.29) is 16.8 Å². The number of primary amides is 1. The van der Waals surface area contributed by atoms with Gasteiger partial charge in [0.25, 0.3) is 0 Å². The van der Waals surface area contributed by atoms with Crippen molar-refractivity contribution >= 4 is 40.6 Å². The van der Waals surface area contributed by atoms with Crippen molar-refractivity contribution in [2.75, 3.05) is 26.0 Å². The number of aromatic hydroxyl groups is 1. The molecule has 2 amide bonds. The molecule has 0 bridgehead atoms. The lowest BCUT2D eigenvalue weighted by molar-refractivity contribution is -0.196. The Morgan fingerprint density at radius 2 is 1.76 bits per heavy atom. The van der Waals surface area contributed by atoms with Crippen molar-refractivity contribution < 1.29 is 49.3 Å². The Morgan fingerprint density at radius 1 is 1.13 bits per heavy atom. The van der Waals surface area contributed by atoms with Crippen LogP contribution in [0.4, 0.5) is 5.69 Å². The number of benzene rings is 1. The number of fused-ring (bicyclic) bond motifs is 3. The molecular formula is C24H28N4O10. The first-order valence-electron chi connectivity index (χ1n) is 11.8. The SMILES string of the molecule is CC1c2ccc(NC(=O)CNO)c(O)c2C(=O)C2C(=O)[C@]3(O)C(=O)C(C(N)=O)C(=O)[C@@H](N(C)C)C3C(O)C21. The first-order valence-corrected chi connectivity index (χ1v) is 11.8. The fourth-order valence-corrected chi connectivity index (χ4v) is 6.36. The lowest BCUT2D eigenvalue weighted by atomic mass is 9.49. The summed E-state index contributed by atoms with van der Waals surface area (Å²) in [6.45, 7) is 1.04. The maximum atomic E-state index is 13.9. The summed E-state index contributed by atoms with van der Waals surface area (Å²) in [6.07, 6.45) is -1.74. The van der Waals surface area contributed by atoms with Crippen molar-refractivity contribution in [2.45, 2.75) is 30.6 Å². The average Bonchev–Trinajstić information content (AvgIpc) is 2.82. The van der Waals surface area contributed by atoms with Gasteiger partial charge in [-0.3, -0.25) is 33.7 Å². The van der Waals surface area contributed by atoms with Crippen LogP contribution in [-0.2, 0) is 24.0 Å². The van der Waals surface area contributed by atoms with Gasteiger partial charge in [0.05, 0.1) is 35.2 Å². The van der Waals surface area contributed by atoms with Crippen LogP contribution in [0.15, 0.2) is 12.1 Å². The number of anilines is 1. The third-order valence-corrected chi connectivity index (χ3v) is 8.00. The molecule has 4 rings (SSSR count). The predicted molar refractivity (Wildman–Crippen MR) is 126 cm³/mol. The number of carbonyl (C=O) groups is 6. The molecule has 0 heterocycles. The Hall–Kier alpha value is -3.56. The van der Waals surface area contributed by atoms with Crippen LogP contribution < -0.4 is 16.5 Å². The Kier molecular flexibility index (Phi) is 6.74. The van der Waals surface area contributed by atoms with Gasteiger partial charge >= 0.3 is 0 Å². The molecule has 0 radical (unpaired) electrons. The summed E-state index contributed by atoms with van der Waals surface area (Å²) in [4.78, 5) is 79.2. The normalized spacial score (nSPS) is 34.4. The molecule has 3 aliphatic rings. The fourth-order valence-electron chi connectivity index (χ4n) is 6.36. The van der Waals surface area contributed by atoms with E-state index in [1.54, 1.807) is 12.4 Å². The highest BCUT2D eigenvalue weighted by atomic mass is 16.5. The van der Waals surface area contributed by atoms with Gasteiger partial charge in [0.15, 0.2) is 34.7 Å². The number of carbonyl (C=O) groups excluding carboxylic acids is 6. The third kappa shape index (κ3) is 3.60. The van der Waals surface area contributed by atoms with Gasteiger partial charge in [-0.05, 0) is 31.6 Å². The fraction of sp³-hybridized carbons (Fsp3) is 0.500. The minimum Gasteiger partial charge on any atom is -0.505 e. The Bertz CT molecular complexity index is 1280. The molecule has 1 aromatic carbocycles. The van der Waals surface area contributed by atoms with Crippen LogP contribution in [0, 0.1) is 23.7 Å². The zero-order valence-electron chi connectivity index (χ0n) is 20.7. The van der Waals surface area contributed by atoms with Crippen molar-refractivity contribution in [3.8, 4) is 5.75 Å². The van der Waals surface area contributed by atoms with Gasteiger partial charge < -0.3 is 31.6 Å². The molecule has 0 saturated heterocycles. The molecule has 0 aliphatic heterocycles. The molecule has 38 heavy (non-hydrogen) atoms. The lowest BCUT2D eigenvalue weighted by Crippen LogP contribution is -2.77. The standard InChI is InChI=1S/C24H28N4O10/c1-7-8-4-5-9(27-10(29)6-26-38)17(30)12(8)18(31)13-11(7)19(32)15-16(28(2)3)20(33)14(23(25)36)22(35)24(15,37)21(13)34/h4-5,7,11,13-16,19,26,30,32,37-38H,6H2,1-3H3,(H2,25,36)(H,27,29)/t7?,11?,13?,14?,15?,16-,19?,24-/m0/s1. The molecule has 2 fully saturated rings. The summed E-state index contributed by atoms with van der Waals surface area (Å²) in [5, 5.41) is 45.0. The van der Waals surface area contributed by atoms with Crippen LogP contribution in [0.5, 0.6) is 5.75 Å². The number of amides is 2. The highest BCUT2D eigenvalue weighted by Gasteiger charge is 2.72. The lowest BCUT2D eigenvalue weighted by Gasteiger charge is -2.56. The topological polar surface area (TPSA) is 237 Å². The number of nitrogens with two attached hydrogens (primary N) is 1. The second kappa shape index (κ2) is 9.32. The summed E-state index contributed by atoms with van der Waals surface area (Å²) in [5.41, 5.74) is 3.49. The zero-order chi connectivity index (χ0) is 28.4. The average molecular weight is 533 g/mol. The first kappa shape index (κ1) is 27.5. The van der Waals surface area contributed by atoms with Crippen molar-refractivity contribution in [1.29, 1.82) is 0 Å². The molecule has 1 aromatic rings. The number of hydroxylamine groups is 1. The molecule has 3 aliphatic carbocycles. The molecule has 14 heteroatoms. The summed E-state index contributed by atoms with van der Waals surface area (Å²) in [5.74, 6) is -15.3.